The minimum atomic E-state index is -0.447. The molecule has 0 atom stereocenters. The average Bonchev–Trinajstić information content (AvgIpc) is 2.26. The number of benzene rings is 1. The van der Waals surface area contributed by atoms with Crippen molar-refractivity contribution in [1.29, 1.82) is 0 Å². The van der Waals surface area contributed by atoms with Crippen LogP contribution < -0.4 is 4.74 Å². The molecule has 1 aromatic carbocycles. The Labute approximate surface area is 88.3 Å². The summed E-state index contributed by atoms with van der Waals surface area (Å²) in [5.74, 6) is 1.46. The Bertz CT molecular complexity index is 363. The van der Waals surface area contributed by atoms with E-state index in [0.29, 0.717) is 12.4 Å². The zero-order chi connectivity index (χ0) is 11.3. The van der Waals surface area contributed by atoms with Gasteiger partial charge in [0.15, 0.2) is 0 Å². The lowest BCUT2D eigenvalue weighted by Gasteiger charge is -2.07. The lowest BCUT2D eigenvalue weighted by molar-refractivity contribution is -0.384. The van der Waals surface area contributed by atoms with Crippen LogP contribution in [0.25, 0.3) is 0 Å². The van der Waals surface area contributed by atoms with E-state index in [9.17, 15) is 10.1 Å². The van der Waals surface area contributed by atoms with Crippen LogP contribution in [0.1, 0.15) is 6.92 Å². The first-order valence-corrected chi connectivity index (χ1v) is 4.45. The quantitative estimate of drug-likeness (QED) is 0.549. The van der Waals surface area contributed by atoms with Gasteiger partial charge in [0.25, 0.3) is 5.69 Å². The summed E-state index contributed by atoms with van der Waals surface area (Å²) >= 11 is 0. The summed E-state index contributed by atoms with van der Waals surface area (Å²) in [5.41, 5.74) is 0.0313. The molecule has 0 heterocycles. The molecular weight excluding hydrogens is 194 g/mol. The Hall–Kier alpha value is -1.84. The third-order valence-electron chi connectivity index (χ3n) is 1.84. The lowest BCUT2D eigenvalue weighted by atomic mass is 10.2. The highest BCUT2D eigenvalue weighted by atomic mass is 16.6. The van der Waals surface area contributed by atoms with Crippen molar-refractivity contribution in [3.05, 3.63) is 53.0 Å². The molecule has 1 rings (SSSR count). The molecule has 0 fully saturated rings. The predicted octanol–water partition coefficient (Wildman–Crippen LogP) is 2.75. The Morgan fingerprint density at radius 2 is 2.40 bits per heavy atom. The second kappa shape index (κ2) is 5.14. The maximum Gasteiger partial charge on any atom is 0.273 e. The van der Waals surface area contributed by atoms with Gasteiger partial charge in [-0.25, -0.2) is 0 Å². The first kappa shape index (κ1) is 11.2. The SMILES string of the molecule is C=C[C](C)COc1cccc([N+](=O)[O-])c1. The molecule has 0 aromatic heterocycles. The molecule has 0 aliphatic carbocycles. The molecule has 0 saturated carbocycles. The molecule has 1 aromatic rings. The zero-order valence-electron chi connectivity index (χ0n) is 8.47. The van der Waals surface area contributed by atoms with Gasteiger partial charge in [0.2, 0.25) is 0 Å². The fourth-order valence-corrected chi connectivity index (χ4v) is 0.943. The molecule has 15 heavy (non-hydrogen) atoms. The highest BCUT2D eigenvalue weighted by Crippen LogP contribution is 2.19. The second-order valence-corrected chi connectivity index (χ2v) is 3.09. The highest BCUT2D eigenvalue weighted by Gasteiger charge is 2.06. The first-order chi connectivity index (χ1) is 7.13. The number of non-ortho nitro benzene ring substituents is 1. The number of rotatable bonds is 5. The summed E-state index contributed by atoms with van der Waals surface area (Å²) in [4.78, 5) is 10.0. The second-order valence-electron chi connectivity index (χ2n) is 3.09. The monoisotopic (exact) mass is 206 g/mol. The van der Waals surface area contributed by atoms with Crippen LogP contribution in [-0.4, -0.2) is 11.5 Å². The summed E-state index contributed by atoms with van der Waals surface area (Å²) in [6.45, 7) is 5.87. The van der Waals surface area contributed by atoms with Gasteiger partial charge in [-0.05, 0) is 6.07 Å². The van der Waals surface area contributed by atoms with Crippen molar-refractivity contribution in [3.8, 4) is 5.75 Å². The molecule has 1 radical (unpaired) electrons. The predicted molar refractivity (Wildman–Crippen MR) is 57.7 cm³/mol. The van der Waals surface area contributed by atoms with E-state index in [1.54, 1.807) is 18.2 Å². The summed E-state index contributed by atoms with van der Waals surface area (Å²) in [6, 6.07) is 6.10. The van der Waals surface area contributed by atoms with Gasteiger partial charge < -0.3 is 4.74 Å². The molecule has 0 amide bonds. The van der Waals surface area contributed by atoms with Crippen LogP contribution in [-0.2, 0) is 0 Å². The molecule has 4 heteroatoms. The summed E-state index contributed by atoms with van der Waals surface area (Å²) < 4.78 is 5.34. The number of nitro groups is 1. The largest absolute Gasteiger partial charge is 0.492 e. The highest BCUT2D eigenvalue weighted by molar-refractivity contribution is 5.38. The third-order valence-corrected chi connectivity index (χ3v) is 1.84. The molecule has 0 saturated heterocycles. The number of hydrogen-bond donors (Lipinski definition) is 0. The zero-order valence-corrected chi connectivity index (χ0v) is 8.47. The lowest BCUT2D eigenvalue weighted by Crippen LogP contribution is -2.03. The van der Waals surface area contributed by atoms with Gasteiger partial charge in [-0.1, -0.05) is 19.1 Å². The van der Waals surface area contributed by atoms with E-state index in [1.807, 2.05) is 6.92 Å². The topological polar surface area (TPSA) is 52.4 Å². The van der Waals surface area contributed by atoms with Crippen molar-refractivity contribution in [2.24, 2.45) is 0 Å². The molecule has 0 aliphatic heterocycles. The van der Waals surface area contributed by atoms with Gasteiger partial charge >= 0.3 is 0 Å². The Balaban J connectivity index is 2.65. The summed E-state index contributed by atoms with van der Waals surface area (Å²) in [5, 5.41) is 10.5. The van der Waals surface area contributed by atoms with Gasteiger partial charge in [0.1, 0.15) is 5.75 Å². The molecule has 0 spiro atoms. The Morgan fingerprint density at radius 1 is 1.67 bits per heavy atom. The van der Waals surface area contributed by atoms with Gasteiger partial charge in [-0.2, -0.15) is 0 Å². The average molecular weight is 206 g/mol. The van der Waals surface area contributed by atoms with E-state index in [2.05, 4.69) is 6.58 Å². The van der Waals surface area contributed by atoms with Crippen LogP contribution in [0.2, 0.25) is 0 Å². The molecule has 79 valence electrons. The molecule has 0 unspecified atom stereocenters. The first-order valence-electron chi connectivity index (χ1n) is 4.45. The number of ether oxygens (including phenoxy) is 1. The maximum atomic E-state index is 10.5. The normalized spacial score (nSPS) is 10.0. The fourth-order valence-electron chi connectivity index (χ4n) is 0.943. The summed E-state index contributed by atoms with van der Waals surface area (Å²) in [7, 11) is 0. The fraction of sp³-hybridized carbons (Fsp3) is 0.182. The van der Waals surface area contributed by atoms with Crippen molar-refractivity contribution in [1.82, 2.24) is 0 Å². The van der Waals surface area contributed by atoms with Crippen LogP contribution in [0.15, 0.2) is 36.9 Å². The van der Waals surface area contributed by atoms with Gasteiger partial charge in [0.05, 0.1) is 17.6 Å². The molecule has 0 N–H and O–H groups in total. The standard InChI is InChI=1S/C11H12NO3/c1-3-9(2)8-15-11-6-4-5-10(7-11)12(13)14/h3-7H,1,8H2,2H3. The van der Waals surface area contributed by atoms with Crippen LogP contribution in [0, 0.1) is 16.0 Å². The number of hydrogen-bond acceptors (Lipinski definition) is 3. The molecule has 4 nitrogen and oxygen atoms in total. The van der Waals surface area contributed by atoms with E-state index in [-0.39, 0.29) is 5.69 Å². The van der Waals surface area contributed by atoms with Crippen molar-refractivity contribution in [2.75, 3.05) is 6.61 Å². The van der Waals surface area contributed by atoms with Crippen LogP contribution in [0.5, 0.6) is 5.75 Å². The van der Waals surface area contributed by atoms with Gasteiger partial charge in [0, 0.05) is 12.0 Å². The van der Waals surface area contributed by atoms with E-state index >= 15 is 0 Å². The van der Waals surface area contributed by atoms with E-state index < -0.39 is 4.92 Å². The molecule has 0 aliphatic rings. The van der Waals surface area contributed by atoms with Crippen molar-refractivity contribution >= 4 is 5.69 Å². The number of nitro benzene ring substituents is 1. The Morgan fingerprint density at radius 3 is 3.00 bits per heavy atom. The minimum Gasteiger partial charge on any atom is -0.492 e. The minimum absolute atomic E-state index is 0.0313. The summed E-state index contributed by atoms with van der Waals surface area (Å²) in [6.07, 6.45) is 1.69. The molecule has 0 bridgehead atoms. The maximum absolute atomic E-state index is 10.5. The smallest absolute Gasteiger partial charge is 0.273 e. The Kier molecular flexibility index (Phi) is 3.85. The van der Waals surface area contributed by atoms with Crippen molar-refractivity contribution < 1.29 is 9.66 Å². The van der Waals surface area contributed by atoms with Gasteiger partial charge in [-0.3, -0.25) is 10.1 Å². The van der Waals surface area contributed by atoms with Crippen molar-refractivity contribution in [2.45, 2.75) is 6.92 Å². The van der Waals surface area contributed by atoms with E-state index in [1.165, 1.54) is 12.1 Å². The van der Waals surface area contributed by atoms with Crippen LogP contribution in [0.4, 0.5) is 5.69 Å². The third kappa shape index (κ3) is 3.42. The molecular formula is C11H12NO3. The van der Waals surface area contributed by atoms with E-state index in [0.717, 1.165) is 5.92 Å². The number of nitrogens with zero attached hydrogens (tertiary/aromatic N) is 1. The van der Waals surface area contributed by atoms with Crippen LogP contribution >= 0.6 is 0 Å². The van der Waals surface area contributed by atoms with Crippen LogP contribution in [0.3, 0.4) is 0 Å². The van der Waals surface area contributed by atoms with Gasteiger partial charge in [-0.15, -0.1) is 6.58 Å². The van der Waals surface area contributed by atoms with Crippen molar-refractivity contribution in [3.63, 3.8) is 0 Å². The van der Waals surface area contributed by atoms with E-state index in [4.69, 9.17) is 4.74 Å².